The number of nitrogens with zero attached hydrogens (tertiary/aromatic N) is 4. The number of carbonyl (C=O) groups excluding carboxylic acids is 1. The summed E-state index contributed by atoms with van der Waals surface area (Å²) in [5.74, 6) is -0.487. The summed E-state index contributed by atoms with van der Waals surface area (Å²) in [5.41, 5.74) is 9.67. The Bertz CT molecular complexity index is 1890. The molecule has 0 atom stereocenters. The third-order valence-corrected chi connectivity index (χ3v) is 8.87. The van der Waals surface area contributed by atoms with Gasteiger partial charge in [-0.15, -0.1) is 0 Å². The van der Waals surface area contributed by atoms with Crippen LogP contribution in [0.5, 0.6) is 0 Å². The Morgan fingerprint density at radius 2 is 1.65 bits per heavy atom. The maximum absolute atomic E-state index is 13.6. The van der Waals surface area contributed by atoms with Crippen LogP contribution >= 0.6 is 0 Å². The van der Waals surface area contributed by atoms with Crippen LogP contribution in [0.2, 0.25) is 0 Å². The Morgan fingerprint density at radius 1 is 0.884 bits per heavy atom. The normalized spacial score (nSPS) is 14.1. The lowest BCUT2D eigenvalue weighted by atomic mass is 10.0. The van der Waals surface area contributed by atoms with Gasteiger partial charge in [0.1, 0.15) is 11.5 Å². The first kappa shape index (κ1) is 28.3. The lowest BCUT2D eigenvalue weighted by Gasteiger charge is -2.34. The summed E-state index contributed by atoms with van der Waals surface area (Å²) in [4.78, 5) is 25.8. The van der Waals surface area contributed by atoms with E-state index in [9.17, 15) is 17.6 Å². The van der Waals surface area contributed by atoms with Crippen molar-refractivity contribution in [3.63, 3.8) is 0 Å². The van der Waals surface area contributed by atoms with Gasteiger partial charge in [-0.1, -0.05) is 36.4 Å². The number of nitrogens with one attached hydrogen (secondary N) is 1. The Labute approximate surface area is 248 Å². The zero-order valence-electron chi connectivity index (χ0n) is 23.2. The number of hydrogen-bond acceptors (Lipinski definition) is 7. The van der Waals surface area contributed by atoms with Crippen LogP contribution in [0.4, 0.5) is 15.8 Å². The summed E-state index contributed by atoms with van der Waals surface area (Å²) < 4.78 is 42.9. The molecule has 0 spiro atoms. The molecule has 1 aliphatic rings. The molecule has 1 saturated heterocycles. The van der Waals surface area contributed by atoms with Crippen molar-refractivity contribution in [3.05, 3.63) is 114 Å². The molecule has 0 bridgehead atoms. The first-order valence-electron chi connectivity index (χ1n) is 13.8. The summed E-state index contributed by atoms with van der Waals surface area (Å²) >= 11 is 0. The number of amides is 1. The molecule has 5 aromatic rings. The summed E-state index contributed by atoms with van der Waals surface area (Å²) in [6.07, 6.45) is 3.00. The van der Waals surface area contributed by atoms with Gasteiger partial charge in [-0.05, 0) is 54.1 Å². The largest absolute Gasteiger partial charge is 0.399 e. The smallest absolute Gasteiger partial charge is 0.272 e. The third-order valence-electron chi connectivity index (χ3n) is 7.43. The predicted molar refractivity (Wildman–Crippen MR) is 164 cm³/mol. The number of nitrogen functional groups attached to an aromatic ring is 1. The van der Waals surface area contributed by atoms with Gasteiger partial charge in [0, 0.05) is 61.1 Å². The molecule has 43 heavy (non-hydrogen) atoms. The van der Waals surface area contributed by atoms with Gasteiger partial charge in [0.25, 0.3) is 15.9 Å². The van der Waals surface area contributed by atoms with Crippen LogP contribution in [0.3, 0.4) is 0 Å². The van der Waals surface area contributed by atoms with E-state index in [1.807, 2.05) is 30.3 Å². The quantitative estimate of drug-likeness (QED) is 0.260. The van der Waals surface area contributed by atoms with Crippen molar-refractivity contribution >= 4 is 38.2 Å². The van der Waals surface area contributed by atoms with Gasteiger partial charge in [0.05, 0.1) is 22.3 Å². The second-order valence-corrected chi connectivity index (χ2v) is 12.0. The van der Waals surface area contributed by atoms with Gasteiger partial charge in [0.2, 0.25) is 0 Å². The van der Waals surface area contributed by atoms with Crippen LogP contribution in [-0.2, 0) is 16.6 Å². The van der Waals surface area contributed by atoms with E-state index >= 15 is 0 Å². The highest BCUT2D eigenvalue weighted by atomic mass is 32.2. The molecule has 0 aliphatic carbocycles. The highest BCUT2D eigenvalue weighted by molar-refractivity contribution is 7.92. The van der Waals surface area contributed by atoms with Crippen molar-refractivity contribution in [1.82, 2.24) is 19.8 Å². The number of hydrogen-bond donors (Lipinski definition) is 2. The molecule has 3 N–H and O–H groups in total. The maximum Gasteiger partial charge on any atom is 0.272 e. The predicted octanol–water partition coefficient (Wildman–Crippen LogP) is 4.78. The van der Waals surface area contributed by atoms with E-state index in [1.54, 1.807) is 29.3 Å². The van der Waals surface area contributed by atoms with Crippen molar-refractivity contribution in [1.29, 1.82) is 0 Å². The van der Waals surface area contributed by atoms with Crippen LogP contribution in [0.25, 0.3) is 22.0 Å². The SMILES string of the molecule is Nc1ccc(S(=O)(=O)Nc2ccc(C(=O)N3CCN(Cc4ccc(F)cc4)CC3)nc2)c(-c2cccc3cccnc23)c1. The summed E-state index contributed by atoms with van der Waals surface area (Å²) in [6, 6.07) is 23.4. The molecule has 11 heteroatoms. The van der Waals surface area contributed by atoms with Crippen LogP contribution < -0.4 is 10.5 Å². The molecule has 218 valence electrons. The monoisotopic (exact) mass is 596 g/mol. The summed E-state index contributed by atoms with van der Waals surface area (Å²) in [5, 5.41) is 0.873. The van der Waals surface area contributed by atoms with Crippen molar-refractivity contribution < 1.29 is 17.6 Å². The second-order valence-electron chi connectivity index (χ2n) is 10.4. The lowest BCUT2D eigenvalue weighted by molar-refractivity contribution is 0.0622. The van der Waals surface area contributed by atoms with Crippen LogP contribution in [0.15, 0.2) is 102 Å². The van der Waals surface area contributed by atoms with E-state index in [1.165, 1.54) is 42.6 Å². The van der Waals surface area contributed by atoms with Crippen LogP contribution in [-0.4, -0.2) is 60.3 Å². The van der Waals surface area contributed by atoms with Crippen molar-refractivity contribution in [3.8, 4) is 11.1 Å². The number of piperazine rings is 1. The zero-order chi connectivity index (χ0) is 30.0. The number of carbonyl (C=O) groups is 1. The van der Waals surface area contributed by atoms with E-state index in [0.717, 1.165) is 10.9 Å². The minimum Gasteiger partial charge on any atom is -0.399 e. The molecule has 1 fully saturated rings. The molecule has 0 radical (unpaired) electrons. The molecular formula is C32H29FN6O3S. The average Bonchev–Trinajstić information content (AvgIpc) is 3.02. The summed E-state index contributed by atoms with van der Waals surface area (Å²) in [6.45, 7) is 3.09. The molecule has 1 aliphatic heterocycles. The number of fused-ring (bicyclic) bond motifs is 1. The van der Waals surface area contributed by atoms with Crippen molar-refractivity contribution in [2.24, 2.45) is 0 Å². The molecule has 2 aromatic heterocycles. The Hall–Kier alpha value is -4.87. The fourth-order valence-electron chi connectivity index (χ4n) is 5.22. The highest BCUT2D eigenvalue weighted by Crippen LogP contribution is 2.34. The number of halogens is 1. The first-order chi connectivity index (χ1) is 20.8. The zero-order valence-corrected chi connectivity index (χ0v) is 24.0. The number of nitrogens with two attached hydrogens (primary N) is 1. The van der Waals surface area contributed by atoms with Crippen LogP contribution in [0, 0.1) is 5.82 Å². The number of pyridine rings is 2. The van der Waals surface area contributed by atoms with Gasteiger partial charge in [-0.25, -0.2) is 17.8 Å². The van der Waals surface area contributed by atoms with Gasteiger partial charge >= 0.3 is 0 Å². The van der Waals surface area contributed by atoms with Crippen LogP contribution in [0.1, 0.15) is 16.1 Å². The standard InChI is InChI=1S/C32H29FN6O3S/c33-24-8-6-22(7-9-24)21-38-15-17-39(18-16-38)32(40)29-12-11-26(20-36-29)37-43(41,42)30-13-10-25(34)19-28(30)27-5-1-3-23-4-2-14-35-31(23)27/h1-14,19-20,37H,15-18,21,34H2. The topological polar surface area (TPSA) is 122 Å². The average molecular weight is 597 g/mol. The molecule has 1 amide bonds. The number of anilines is 2. The number of rotatable bonds is 7. The Kier molecular flexibility index (Phi) is 7.75. The molecular weight excluding hydrogens is 567 g/mol. The van der Waals surface area contributed by atoms with E-state index < -0.39 is 10.0 Å². The van der Waals surface area contributed by atoms with E-state index in [0.29, 0.717) is 55.1 Å². The molecule has 6 rings (SSSR count). The van der Waals surface area contributed by atoms with E-state index in [4.69, 9.17) is 5.73 Å². The minimum absolute atomic E-state index is 0.0403. The Balaban J connectivity index is 1.15. The van der Waals surface area contributed by atoms with Gasteiger partial charge in [0.15, 0.2) is 0 Å². The number of para-hydroxylation sites is 1. The molecule has 0 unspecified atom stereocenters. The van der Waals surface area contributed by atoms with Crippen molar-refractivity contribution in [2.75, 3.05) is 36.6 Å². The Morgan fingerprint density at radius 3 is 2.40 bits per heavy atom. The van der Waals surface area contributed by atoms with Gasteiger partial charge < -0.3 is 10.6 Å². The number of benzene rings is 3. The molecule has 9 nitrogen and oxygen atoms in total. The maximum atomic E-state index is 13.6. The summed E-state index contributed by atoms with van der Waals surface area (Å²) in [7, 11) is -4.06. The van der Waals surface area contributed by atoms with E-state index in [2.05, 4.69) is 19.6 Å². The molecule has 3 aromatic carbocycles. The number of aromatic nitrogens is 2. The van der Waals surface area contributed by atoms with Crippen molar-refractivity contribution in [2.45, 2.75) is 11.4 Å². The molecule has 0 saturated carbocycles. The van der Waals surface area contributed by atoms with Gasteiger partial charge in [-0.2, -0.15) is 0 Å². The third kappa shape index (κ3) is 6.18. The fraction of sp³-hybridized carbons (Fsp3) is 0.156. The first-order valence-corrected chi connectivity index (χ1v) is 15.2. The van der Waals surface area contributed by atoms with Gasteiger partial charge in [-0.3, -0.25) is 19.4 Å². The lowest BCUT2D eigenvalue weighted by Crippen LogP contribution is -2.48. The second kappa shape index (κ2) is 11.8. The highest BCUT2D eigenvalue weighted by Gasteiger charge is 2.24. The fourth-order valence-corrected chi connectivity index (χ4v) is 6.47. The molecule has 3 heterocycles. The minimum atomic E-state index is -4.06. The van der Waals surface area contributed by atoms with E-state index in [-0.39, 0.29) is 28.0 Å². The number of sulfonamides is 1.